The van der Waals surface area contributed by atoms with Crippen LogP contribution in [0.2, 0.25) is 10.0 Å². The molecule has 0 aliphatic carbocycles. The second-order valence-corrected chi connectivity index (χ2v) is 7.92. The van der Waals surface area contributed by atoms with Gasteiger partial charge in [-0.1, -0.05) is 53.5 Å². The molecule has 7 heteroatoms. The van der Waals surface area contributed by atoms with Crippen molar-refractivity contribution in [1.29, 1.82) is 0 Å². The van der Waals surface area contributed by atoms with Crippen molar-refractivity contribution in [3.05, 3.63) is 87.2 Å². The number of aryl methyl sites for hydroxylation is 2. The average Bonchev–Trinajstić information content (AvgIpc) is 3.15. The third-order valence-electron chi connectivity index (χ3n) is 5.16. The van der Waals surface area contributed by atoms with E-state index in [1.54, 1.807) is 23.0 Å². The van der Waals surface area contributed by atoms with Crippen molar-refractivity contribution in [2.24, 2.45) is 0 Å². The number of halogens is 2. The fraction of sp³-hybridized carbons (Fsp3) is 0.174. The van der Waals surface area contributed by atoms with E-state index in [1.807, 2.05) is 50.2 Å². The molecular weight excluding hydrogens is 419 g/mol. The molecular formula is C23H20Cl2N4O. The van der Waals surface area contributed by atoms with Gasteiger partial charge in [-0.2, -0.15) is 5.10 Å². The standard InChI is InChI=1S/C23H20Cl2N4O/c1-14-17-7-3-4-9-20(17)27-15(2)18(14)12-22(30)28-21-10-11-26-29(21)13-16-6-5-8-19(24)23(16)25/h3-11H,12-13H2,1-2H3,(H,28,30). The summed E-state index contributed by atoms with van der Waals surface area (Å²) in [5, 5.41) is 9.30. The Hall–Kier alpha value is -2.89. The van der Waals surface area contributed by atoms with Crippen LogP contribution in [-0.2, 0) is 17.8 Å². The largest absolute Gasteiger partial charge is 0.311 e. The predicted octanol–water partition coefficient (Wildman–Crippen LogP) is 5.58. The zero-order chi connectivity index (χ0) is 21.3. The number of nitrogens with one attached hydrogen (secondary N) is 1. The first-order valence-electron chi connectivity index (χ1n) is 9.53. The van der Waals surface area contributed by atoms with Crippen LogP contribution in [0.5, 0.6) is 0 Å². The summed E-state index contributed by atoms with van der Waals surface area (Å²) in [7, 11) is 0. The van der Waals surface area contributed by atoms with E-state index in [2.05, 4.69) is 15.4 Å². The maximum absolute atomic E-state index is 12.8. The number of anilines is 1. The van der Waals surface area contributed by atoms with Gasteiger partial charge in [-0.25, -0.2) is 4.68 Å². The molecule has 152 valence electrons. The number of carbonyl (C=O) groups excluding carboxylic acids is 1. The van der Waals surface area contributed by atoms with Crippen LogP contribution < -0.4 is 5.32 Å². The Bertz CT molecular complexity index is 1250. The van der Waals surface area contributed by atoms with E-state index in [0.717, 1.165) is 33.3 Å². The van der Waals surface area contributed by atoms with Crippen molar-refractivity contribution in [3.63, 3.8) is 0 Å². The van der Waals surface area contributed by atoms with Crippen LogP contribution in [0.15, 0.2) is 54.7 Å². The molecule has 5 nitrogen and oxygen atoms in total. The second kappa shape index (κ2) is 8.46. The zero-order valence-electron chi connectivity index (χ0n) is 16.6. The Morgan fingerprint density at radius 2 is 1.87 bits per heavy atom. The molecule has 2 aromatic heterocycles. The number of hydrogen-bond acceptors (Lipinski definition) is 3. The highest BCUT2D eigenvalue weighted by Crippen LogP contribution is 2.27. The highest BCUT2D eigenvalue weighted by atomic mass is 35.5. The fourth-order valence-electron chi connectivity index (χ4n) is 3.58. The van der Waals surface area contributed by atoms with Gasteiger partial charge in [-0.3, -0.25) is 9.78 Å². The molecule has 0 saturated heterocycles. The molecule has 0 saturated carbocycles. The SMILES string of the molecule is Cc1nc2ccccc2c(C)c1CC(=O)Nc1ccnn1Cc1cccc(Cl)c1Cl. The van der Waals surface area contributed by atoms with Gasteiger partial charge < -0.3 is 5.32 Å². The Labute approximate surface area is 184 Å². The second-order valence-electron chi connectivity index (χ2n) is 7.13. The highest BCUT2D eigenvalue weighted by Gasteiger charge is 2.15. The average molecular weight is 439 g/mol. The first-order valence-corrected chi connectivity index (χ1v) is 10.3. The van der Waals surface area contributed by atoms with E-state index in [4.69, 9.17) is 23.2 Å². The molecule has 30 heavy (non-hydrogen) atoms. The van der Waals surface area contributed by atoms with Crippen LogP contribution in [0.1, 0.15) is 22.4 Å². The lowest BCUT2D eigenvalue weighted by molar-refractivity contribution is -0.115. The minimum Gasteiger partial charge on any atom is -0.311 e. The predicted molar refractivity (Wildman–Crippen MR) is 121 cm³/mol. The van der Waals surface area contributed by atoms with Crippen molar-refractivity contribution in [2.75, 3.05) is 5.32 Å². The summed E-state index contributed by atoms with van der Waals surface area (Å²) in [4.78, 5) is 17.5. The van der Waals surface area contributed by atoms with Crippen molar-refractivity contribution in [3.8, 4) is 0 Å². The number of rotatable bonds is 5. The van der Waals surface area contributed by atoms with E-state index < -0.39 is 0 Å². The molecule has 2 heterocycles. The maximum Gasteiger partial charge on any atom is 0.230 e. The number of benzene rings is 2. The van der Waals surface area contributed by atoms with E-state index in [9.17, 15) is 4.79 Å². The van der Waals surface area contributed by atoms with Gasteiger partial charge in [0.15, 0.2) is 0 Å². The van der Waals surface area contributed by atoms with Crippen LogP contribution in [0.25, 0.3) is 10.9 Å². The van der Waals surface area contributed by atoms with Gasteiger partial charge >= 0.3 is 0 Å². The molecule has 1 amide bonds. The summed E-state index contributed by atoms with van der Waals surface area (Å²) in [5.74, 6) is 0.470. The van der Waals surface area contributed by atoms with E-state index in [1.165, 1.54) is 0 Å². The summed E-state index contributed by atoms with van der Waals surface area (Å²) in [6.45, 7) is 4.37. The molecule has 0 fully saturated rings. The van der Waals surface area contributed by atoms with Gasteiger partial charge in [0.25, 0.3) is 0 Å². The molecule has 0 aliphatic rings. The van der Waals surface area contributed by atoms with Gasteiger partial charge in [0.1, 0.15) is 5.82 Å². The number of hydrogen-bond donors (Lipinski definition) is 1. The first kappa shape index (κ1) is 20.4. The van der Waals surface area contributed by atoms with Crippen molar-refractivity contribution in [1.82, 2.24) is 14.8 Å². The molecule has 0 atom stereocenters. The van der Waals surface area contributed by atoms with Crippen LogP contribution in [0.4, 0.5) is 5.82 Å². The lowest BCUT2D eigenvalue weighted by atomic mass is 9.99. The third kappa shape index (κ3) is 4.04. The summed E-state index contributed by atoms with van der Waals surface area (Å²) >= 11 is 12.4. The number of amides is 1. The van der Waals surface area contributed by atoms with Gasteiger partial charge in [-0.05, 0) is 42.7 Å². The summed E-state index contributed by atoms with van der Waals surface area (Å²) in [5.41, 5.74) is 4.64. The first-order chi connectivity index (χ1) is 14.4. The normalized spacial score (nSPS) is 11.1. The lowest BCUT2D eigenvalue weighted by Gasteiger charge is -2.14. The van der Waals surface area contributed by atoms with Gasteiger partial charge in [-0.15, -0.1) is 0 Å². The molecule has 1 N–H and O–H groups in total. The zero-order valence-corrected chi connectivity index (χ0v) is 18.1. The number of fused-ring (bicyclic) bond motifs is 1. The Kier molecular flexibility index (Phi) is 5.75. The number of aromatic nitrogens is 3. The van der Waals surface area contributed by atoms with Crippen molar-refractivity contribution >= 4 is 45.8 Å². The van der Waals surface area contributed by atoms with Gasteiger partial charge in [0, 0.05) is 17.1 Å². The van der Waals surface area contributed by atoms with Crippen LogP contribution >= 0.6 is 23.2 Å². The topological polar surface area (TPSA) is 59.8 Å². The summed E-state index contributed by atoms with van der Waals surface area (Å²) in [6.07, 6.45) is 1.88. The number of nitrogens with zero attached hydrogens (tertiary/aromatic N) is 3. The summed E-state index contributed by atoms with van der Waals surface area (Å²) in [6, 6.07) is 15.2. The molecule has 4 aromatic rings. The molecule has 0 aliphatic heterocycles. The summed E-state index contributed by atoms with van der Waals surface area (Å²) < 4.78 is 1.69. The lowest BCUT2D eigenvalue weighted by Crippen LogP contribution is -2.19. The molecule has 4 rings (SSSR count). The molecule has 0 radical (unpaired) electrons. The van der Waals surface area contributed by atoms with Crippen LogP contribution in [0, 0.1) is 13.8 Å². The highest BCUT2D eigenvalue weighted by molar-refractivity contribution is 6.42. The van der Waals surface area contributed by atoms with Gasteiger partial charge in [0.05, 0.1) is 34.7 Å². The smallest absolute Gasteiger partial charge is 0.230 e. The monoisotopic (exact) mass is 438 g/mol. The molecule has 0 unspecified atom stereocenters. The molecule has 2 aromatic carbocycles. The number of para-hydroxylation sites is 1. The minimum absolute atomic E-state index is 0.128. The minimum atomic E-state index is -0.128. The maximum atomic E-state index is 12.8. The Morgan fingerprint density at radius 1 is 1.07 bits per heavy atom. The quantitative estimate of drug-likeness (QED) is 0.441. The molecule has 0 spiro atoms. The Morgan fingerprint density at radius 3 is 2.70 bits per heavy atom. The fourth-order valence-corrected chi connectivity index (χ4v) is 3.96. The molecule has 0 bridgehead atoms. The van der Waals surface area contributed by atoms with Crippen LogP contribution in [-0.4, -0.2) is 20.7 Å². The number of carbonyl (C=O) groups is 1. The van der Waals surface area contributed by atoms with Crippen molar-refractivity contribution < 1.29 is 4.79 Å². The van der Waals surface area contributed by atoms with E-state index >= 15 is 0 Å². The Balaban J connectivity index is 1.54. The third-order valence-corrected chi connectivity index (χ3v) is 6.02. The van der Waals surface area contributed by atoms with Crippen LogP contribution in [0.3, 0.4) is 0 Å². The van der Waals surface area contributed by atoms with E-state index in [-0.39, 0.29) is 12.3 Å². The van der Waals surface area contributed by atoms with E-state index in [0.29, 0.717) is 22.4 Å². The van der Waals surface area contributed by atoms with Crippen molar-refractivity contribution in [2.45, 2.75) is 26.8 Å². The number of pyridine rings is 1. The van der Waals surface area contributed by atoms with Gasteiger partial charge in [0.2, 0.25) is 5.91 Å².